The molecule has 2 N–H and O–H groups in total. The van der Waals surface area contributed by atoms with Gasteiger partial charge >= 0.3 is 6.09 Å². The van der Waals surface area contributed by atoms with Gasteiger partial charge in [0.05, 0.1) is 11.1 Å². The maximum Gasteiger partial charge on any atom is 0.408 e. The van der Waals surface area contributed by atoms with Crippen molar-refractivity contribution in [3.63, 3.8) is 0 Å². The van der Waals surface area contributed by atoms with Crippen LogP contribution < -0.4 is 10.7 Å². The highest BCUT2D eigenvalue weighted by atomic mass is 16.6. The molecule has 0 saturated heterocycles. The summed E-state index contributed by atoms with van der Waals surface area (Å²) in [4.78, 5) is 34.4. The summed E-state index contributed by atoms with van der Waals surface area (Å²) in [6, 6.07) is 4.91. The van der Waals surface area contributed by atoms with Crippen LogP contribution in [0.3, 0.4) is 0 Å². The van der Waals surface area contributed by atoms with Gasteiger partial charge < -0.3 is 10.1 Å². The Labute approximate surface area is 158 Å². The minimum absolute atomic E-state index is 0.0326. The Balaban J connectivity index is 2.69. The third-order valence-corrected chi connectivity index (χ3v) is 3.21. The molecule has 0 fully saturated rings. The first-order chi connectivity index (χ1) is 12.5. The van der Waals surface area contributed by atoms with Gasteiger partial charge in [-0.05, 0) is 50.8 Å². The van der Waals surface area contributed by atoms with E-state index in [9.17, 15) is 19.7 Å². The summed E-state index contributed by atoms with van der Waals surface area (Å²) in [6.07, 6.45) is 1.10. The summed E-state index contributed by atoms with van der Waals surface area (Å²) < 4.78 is 5.18. The molecule has 9 heteroatoms. The summed E-state index contributed by atoms with van der Waals surface area (Å²) in [5.41, 5.74) is 2.25. The molecule has 0 spiro atoms. The van der Waals surface area contributed by atoms with Crippen LogP contribution in [0.1, 0.15) is 46.6 Å². The van der Waals surface area contributed by atoms with Gasteiger partial charge in [0.15, 0.2) is 0 Å². The minimum atomic E-state index is -0.797. The zero-order valence-corrected chi connectivity index (χ0v) is 16.2. The van der Waals surface area contributed by atoms with Gasteiger partial charge in [-0.2, -0.15) is 5.10 Å². The number of rotatable bonds is 7. The number of alkyl carbamates (subject to hydrolysis) is 1. The maximum atomic E-state index is 12.3. The first-order valence-corrected chi connectivity index (χ1v) is 8.55. The third kappa shape index (κ3) is 8.80. The fraction of sp³-hybridized carbons (Fsp3) is 0.500. The van der Waals surface area contributed by atoms with Crippen molar-refractivity contribution in [2.45, 2.75) is 52.7 Å². The number of carbonyl (C=O) groups excluding carboxylic acids is 2. The average molecular weight is 378 g/mol. The number of hydrogen-bond acceptors (Lipinski definition) is 6. The highest BCUT2D eigenvalue weighted by Gasteiger charge is 2.24. The molecule has 2 amide bonds. The molecule has 0 bridgehead atoms. The van der Waals surface area contributed by atoms with Crippen molar-refractivity contribution in [2.75, 3.05) is 0 Å². The zero-order valence-electron chi connectivity index (χ0n) is 16.2. The van der Waals surface area contributed by atoms with Crippen LogP contribution >= 0.6 is 0 Å². The maximum absolute atomic E-state index is 12.3. The molecule has 148 valence electrons. The Morgan fingerprint density at radius 1 is 1.26 bits per heavy atom. The lowest BCUT2D eigenvalue weighted by molar-refractivity contribution is -0.384. The van der Waals surface area contributed by atoms with Gasteiger partial charge in [0.2, 0.25) is 0 Å². The molecule has 0 aliphatic carbocycles. The number of nitro benzene ring substituents is 1. The summed E-state index contributed by atoms with van der Waals surface area (Å²) >= 11 is 0. The van der Waals surface area contributed by atoms with E-state index in [0.717, 1.165) is 0 Å². The molecule has 1 aromatic carbocycles. The first-order valence-electron chi connectivity index (χ1n) is 8.55. The Morgan fingerprint density at radius 2 is 1.85 bits per heavy atom. The van der Waals surface area contributed by atoms with Gasteiger partial charge in [0.25, 0.3) is 11.6 Å². The lowest BCUT2D eigenvalue weighted by atomic mass is 10.0. The molecule has 9 nitrogen and oxygen atoms in total. The van der Waals surface area contributed by atoms with E-state index in [-0.39, 0.29) is 11.6 Å². The van der Waals surface area contributed by atoms with E-state index in [2.05, 4.69) is 15.8 Å². The largest absolute Gasteiger partial charge is 0.444 e. The fourth-order valence-electron chi connectivity index (χ4n) is 2.08. The number of nitro groups is 1. The average Bonchev–Trinajstić information content (AvgIpc) is 2.52. The van der Waals surface area contributed by atoms with Gasteiger partial charge in [0, 0.05) is 12.1 Å². The van der Waals surface area contributed by atoms with Crippen molar-refractivity contribution >= 4 is 23.9 Å². The standard InChI is InChI=1S/C18H26N4O5/c1-12(2)10-15(20-17(24)27-18(3,4)5)16(23)21-19-11-13-6-8-14(9-7-13)22(25)26/h6-9,11-12,15H,10H2,1-5H3,(H,20,24)(H,21,23)/b19-11+/t15-/m0/s1. The van der Waals surface area contributed by atoms with Crippen LogP contribution in [0.2, 0.25) is 0 Å². The zero-order chi connectivity index (χ0) is 20.6. The lowest BCUT2D eigenvalue weighted by Crippen LogP contribution is -2.47. The highest BCUT2D eigenvalue weighted by Crippen LogP contribution is 2.11. The van der Waals surface area contributed by atoms with Crippen LogP contribution in [0.4, 0.5) is 10.5 Å². The van der Waals surface area contributed by atoms with Crippen molar-refractivity contribution in [3.05, 3.63) is 39.9 Å². The van der Waals surface area contributed by atoms with Crippen LogP contribution in [-0.4, -0.2) is 34.8 Å². The molecule has 1 aromatic rings. The van der Waals surface area contributed by atoms with Crippen LogP contribution in [0.15, 0.2) is 29.4 Å². The van der Waals surface area contributed by atoms with Gasteiger partial charge in [-0.15, -0.1) is 0 Å². The second-order valence-corrected chi connectivity index (χ2v) is 7.41. The number of benzene rings is 1. The topological polar surface area (TPSA) is 123 Å². The Hall–Kier alpha value is -2.97. The van der Waals surface area contributed by atoms with Gasteiger partial charge in [0.1, 0.15) is 11.6 Å². The number of hydrazone groups is 1. The van der Waals surface area contributed by atoms with E-state index in [1.54, 1.807) is 20.8 Å². The minimum Gasteiger partial charge on any atom is -0.444 e. The van der Waals surface area contributed by atoms with E-state index in [1.165, 1.54) is 30.5 Å². The predicted molar refractivity (Wildman–Crippen MR) is 101 cm³/mol. The molecule has 0 radical (unpaired) electrons. The van der Waals surface area contributed by atoms with Gasteiger partial charge in [-0.3, -0.25) is 14.9 Å². The molecule has 1 rings (SSSR count). The number of carbonyl (C=O) groups is 2. The van der Waals surface area contributed by atoms with E-state index >= 15 is 0 Å². The summed E-state index contributed by atoms with van der Waals surface area (Å²) in [6.45, 7) is 9.06. The summed E-state index contributed by atoms with van der Waals surface area (Å²) in [7, 11) is 0. The molecule has 0 aliphatic heterocycles. The predicted octanol–water partition coefficient (Wildman–Crippen LogP) is 2.98. The third-order valence-electron chi connectivity index (χ3n) is 3.21. The van der Waals surface area contributed by atoms with E-state index in [1.807, 2.05) is 13.8 Å². The first kappa shape index (κ1) is 22.1. The molecule has 0 aromatic heterocycles. The monoisotopic (exact) mass is 378 g/mol. The molecule has 0 aliphatic rings. The number of nitrogens with zero attached hydrogens (tertiary/aromatic N) is 2. The summed E-state index contributed by atoms with van der Waals surface area (Å²) in [5, 5.41) is 17.0. The summed E-state index contributed by atoms with van der Waals surface area (Å²) in [5.74, 6) is -0.318. The van der Waals surface area contributed by atoms with Crippen molar-refractivity contribution in [3.8, 4) is 0 Å². The quantitative estimate of drug-likeness (QED) is 0.429. The lowest BCUT2D eigenvalue weighted by Gasteiger charge is -2.23. The van der Waals surface area contributed by atoms with Crippen molar-refractivity contribution in [2.24, 2.45) is 11.0 Å². The van der Waals surface area contributed by atoms with Crippen molar-refractivity contribution < 1.29 is 19.2 Å². The number of nitrogens with one attached hydrogen (secondary N) is 2. The Kier molecular flexibility index (Phi) is 7.89. The van der Waals surface area contributed by atoms with Crippen molar-refractivity contribution in [1.29, 1.82) is 0 Å². The second-order valence-electron chi connectivity index (χ2n) is 7.41. The van der Waals surface area contributed by atoms with E-state index in [4.69, 9.17) is 4.74 Å². The smallest absolute Gasteiger partial charge is 0.408 e. The number of hydrogen-bond donors (Lipinski definition) is 2. The van der Waals surface area contributed by atoms with E-state index < -0.39 is 28.6 Å². The normalized spacial score (nSPS) is 12.7. The molecule has 0 unspecified atom stereocenters. The van der Waals surface area contributed by atoms with Crippen molar-refractivity contribution in [1.82, 2.24) is 10.7 Å². The molecule has 1 atom stereocenters. The van der Waals surface area contributed by atoms with Crippen LogP contribution in [-0.2, 0) is 9.53 Å². The van der Waals surface area contributed by atoms with Crippen LogP contribution in [0.25, 0.3) is 0 Å². The SMILES string of the molecule is CC(C)C[C@H](NC(=O)OC(C)(C)C)C(=O)N/N=C/c1ccc([N+](=O)[O-])cc1. The van der Waals surface area contributed by atoms with Gasteiger partial charge in [-0.1, -0.05) is 13.8 Å². The highest BCUT2D eigenvalue weighted by molar-refractivity contribution is 5.87. The molecular formula is C18H26N4O5. The fourth-order valence-corrected chi connectivity index (χ4v) is 2.08. The number of non-ortho nitro benzene ring substituents is 1. The number of ether oxygens (including phenoxy) is 1. The Bertz CT molecular complexity index is 693. The van der Waals surface area contributed by atoms with Crippen LogP contribution in [0.5, 0.6) is 0 Å². The van der Waals surface area contributed by atoms with Gasteiger partial charge in [-0.25, -0.2) is 10.2 Å². The second kappa shape index (κ2) is 9.65. The number of amides is 2. The molecular weight excluding hydrogens is 352 g/mol. The molecule has 0 heterocycles. The van der Waals surface area contributed by atoms with Crippen LogP contribution in [0, 0.1) is 16.0 Å². The van der Waals surface area contributed by atoms with E-state index in [0.29, 0.717) is 12.0 Å². The molecule has 0 saturated carbocycles. The Morgan fingerprint density at radius 3 is 2.33 bits per heavy atom. The molecule has 27 heavy (non-hydrogen) atoms.